The van der Waals surface area contributed by atoms with Crippen LogP contribution in [0.25, 0.3) is 22.4 Å². The molecule has 0 atom stereocenters. The van der Waals surface area contributed by atoms with Crippen molar-refractivity contribution >= 4 is 0 Å². The molecule has 2 heteroatoms. The Morgan fingerprint density at radius 2 is 1.70 bits per heavy atom. The van der Waals surface area contributed by atoms with Crippen molar-refractivity contribution in [1.29, 1.82) is 0 Å². The Bertz CT molecular complexity index is 668. The van der Waals surface area contributed by atoms with Crippen LogP contribution in [0.2, 0.25) is 0 Å². The smallest absolute Gasteiger partial charge is 0.119 e. The van der Waals surface area contributed by atoms with E-state index < -0.39 is 0 Å². The summed E-state index contributed by atoms with van der Waals surface area (Å²) in [6.07, 6.45) is 3.08. The number of nitrogens with one attached hydrogen (secondary N) is 1. The molecule has 0 spiro atoms. The first-order chi connectivity index (χ1) is 9.88. The van der Waals surface area contributed by atoms with Gasteiger partial charge in [0.05, 0.1) is 18.5 Å². The van der Waals surface area contributed by atoms with E-state index in [2.05, 4.69) is 35.4 Å². The molecular weight excluding hydrogens is 246 g/mol. The average molecular weight is 262 g/mol. The summed E-state index contributed by atoms with van der Waals surface area (Å²) in [6, 6.07) is 20.4. The van der Waals surface area contributed by atoms with Crippen molar-refractivity contribution in [2.45, 2.75) is 6.92 Å². The maximum atomic E-state index is 5.48. The molecular formula is C18H16NO. The van der Waals surface area contributed by atoms with Crippen molar-refractivity contribution in [3.8, 4) is 28.1 Å². The van der Waals surface area contributed by atoms with Crippen molar-refractivity contribution in [2.75, 3.05) is 6.61 Å². The maximum Gasteiger partial charge on any atom is 0.119 e. The van der Waals surface area contributed by atoms with Gasteiger partial charge in [0.2, 0.25) is 0 Å². The first kappa shape index (κ1) is 12.5. The van der Waals surface area contributed by atoms with Gasteiger partial charge in [-0.05, 0) is 48.4 Å². The van der Waals surface area contributed by atoms with E-state index in [9.17, 15) is 0 Å². The van der Waals surface area contributed by atoms with E-state index in [-0.39, 0.29) is 0 Å². The minimum atomic E-state index is 0.685. The van der Waals surface area contributed by atoms with E-state index in [1.165, 1.54) is 5.56 Å². The topological polar surface area (TPSA) is 25.0 Å². The standard InChI is InChI=1S/C18H16NO/c1-2-20-16-10-8-15(9-11-16)18-17(12-13-19-18)14-6-4-3-5-7-14/h3-12,19H,2H2,1H3. The van der Waals surface area contributed by atoms with E-state index in [4.69, 9.17) is 4.74 Å². The quantitative estimate of drug-likeness (QED) is 0.733. The molecule has 0 unspecified atom stereocenters. The summed E-state index contributed by atoms with van der Waals surface area (Å²) < 4.78 is 5.48. The molecule has 1 aromatic heterocycles. The number of ether oxygens (including phenoxy) is 1. The second-order valence-corrected chi connectivity index (χ2v) is 4.53. The number of aromatic amines is 1. The van der Waals surface area contributed by atoms with Crippen LogP contribution in [0, 0.1) is 6.20 Å². The average Bonchev–Trinajstić information content (AvgIpc) is 2.99. The summed E-state index contributed by atoms with van der Waals surface area (Å²) in [5, 5.41) is 0. The number of hydrogen-bond donors (Lipinski definition) is 1. The molecule has 1 radical (unpaired) electrons. The van der Waals surface area contributed by atoms with Crippen molar-refractivity contribution in [3.63, 3.8) is 0 Å². The zero-order chi connectivity index (χ0) is 13.8. The highest BCUT2D eigenvalue weighted by atomic mass is 16.5. The van der Waals surface area contributed by atoms with Crippen LogP contribution >= 0.6 is 0 Å². The summed E-state index contributed by atoms with van der Waals surface area (Å²) in [4.78, 5) is 3.21. The lowest BCUT2D eigenvalue weighted by atomic mass is 10.0. The Hall–Kier alpha value is -2.48. The summed E-state index contributed by atoms with van der Waals surface area (Å²) in [5.74, 6) is 0.896. The van der Waals surface area contributed by atoms with Crippen LogP contribution in [0.5, 0.6) is 5.75 Å². The van der Waals surface area contributed by atoms with Crippen LogP contribution in [0.3, 0.4) is 0 Å². The summed E-state index contributed by atoms with van der Waals surface area (Å²) >= 11 is 0. The van der Waals surface area contributed by atoms with Crippen LogP contribution in [0.4, 0.5) is 0 Å². The lowest BCUT2D eigenvalue weighted by Crippen LogP contribution is -1.90. The highest BCUT2D eigenvalue weighted by Crippen LogP contribution is 2.31. The van der Waals surface area contributed by atoms with Gasteiger partial charge in [0.1, 0.15) is 5.75 Å². The van der Waals surface area contributed by atoms with Crippen LogP contribution in [-0.2, 0) is 0 Å². The first-order valence-corrected chi connectivity index (χ1v) is 6.76. The van der Waals surface area contributed by atoms with Crippen LogP contribution in [-0.4, -0.2) is 11.6 Å². The van der Waals surface area contributed by atoms with Crippen LogP contribution in [0.1, 0.15) is 6.92 Å². The highest BCUT2D eigenvalue weighted by Gasteiger charge is 2.08. The molecule has 0 aliphatic rings. The molecule has 0 bridgehead atoms. The van der Waals surface area contributed by atoms with Crippen LogP contribution in [0.15, 0.2) is 60.7 Å². The van der Waals surface area contributed by atoms with Gasteiger partial charge in [-0.25, -0.2) is 0 Å². The third-order valence-electron chi connectivity index (χ3n) is 3.22. The molecule has 20 heavy (non-hydrogen) atoms. The van der Waals surface area contributed by atoms with E-state index in [1.807, 2.05) is 43.3 Å². The van der Waals surface area contributed by atoms with Gasteiger partial charge in [-0.1, -0.05) is 30.3 Å². The Balaban J connectivity index is 1.97. The molecule has 0 saturated carbocycles. The number of H-pyrrole nitrogens is 1. The minimum absolute atomic E-state index is 0.685. The second-order valence-electron chi connectivity index (χ2n) is 4.53. The Labute approximate surface area is 119 Å². The third-order valence-corrected chi connectivity index (χ3v) is 3.22. The van der Waals surface area contributed by atoms with E-state index in [0.29, 0.717) is 6.61 Å². The molecule has 3 rings (SSSR count). The molecule has 0 saturated heterocycles. The van der Waals surface area contributed by atoms with E-state index in [0.717, 1.165) is 22.6 Å². The number of aromatic nitrogens is 1. The molecule has 2 aromatic carbocycles. The van der Waals surface area contributed by atoms with E-state index in [1.54, 1.807) is 0 Å². The zero-order valence-electron chi connectivity index (χ0n) is 11.4. The van der Waals surface area contributed by atoms with E-state index >= 15 is 0 Å². The summed E-state index contributed by atoms with van der Waals surface area (Å²) in [5.41, 5.74) is 4.57. The molecule has 0 aliphatic heterocycles. The molecule has 99 valence electrons. The first-order valence-electron chi connectivity index (χ1n) is 6.76. The fourth-order valence-electron chi connectivity index (χ4n) is 2.28. The predicted octanol–water partition coefficient (Wildman–Crippen LogP) is 4.55. The van der Waals surface area contributed by atoms with Crippen molar-refractivity contribution in [2.24, 2.45) is 0 Å². The fourth-order valence-corrected chi connectivity index (χ4v) is 2.28. The minimum Gasteiger partial charge on any atom is -0.494 e. The molecule has 1 N–H and O–H groups in total. The lowest BCUT2D eigenvalue weighted by Gasteiger charge is -2.07. The molecule has 0 amide bonds. The number of rotatable bonds is 4. The van der Waals surface area contributed by atoms with Gasteiger partial charge < -0.3 is 9.72 Å². The maximum absolute atomic E-state index is 5.48. The highest BCUT2D eigenvalue weighted by molar-refractivity contribution is 5.81. The van der Waals surface area contributed by atoms with Crippen molar-refractivity contribution in [1.82, 2.24) is 4.98 Å². The largest absolute Gasteiger partial charge is 0.494 e. The Morgan fingerprint density at radius 3 is 2.40 bits per heavy atom. The fraction of sp³-hybridized carbons (Fsp3) is 0.111. The number of hydrogen-bond acceptors (Lipinski definition) is 1. The van der Waals surface area contributed by atoms with Crippen LogP contribution < -0.4 is 4.74 Å². The van der Waals surface area contributed by atoms with Gasteiger partial charge in [0, 0.05) is 5.56 Å². The molecule has 0 aliphatic carbocycles. The van der Waals surface area contributed by atoms with Crippen molar-refractivity contribution in [3.05, 3.63) is 66.9 Å². The normalized spacial score (nSPS) is 10.4. The molecule has 2 nitrogen and oxygen atoms in total. The van der Waals surface area contributed by atoms with Gasteiger partial charge in [-0.2, -0.15) is 0 Å². The Morgan fingerprint density at radius 1 is 0.950 bits per heavy atom. The second kappa shape index (κ2) is 5.66. The van der Waals surface area contributed by atoms with Gasteiger partial charge in [-0.15, -0.1) is 0 Å². The monoisotopic (exact) mass is 262 g/mol. The lowest BCUT2D eigenvalue weighted by molar-refractivity contribution is 0.340. The molecule has 0 fully saturated rings. The zero-order valence-corrected chi connectivity index (χ0v) is 11.4. The van der Waals surface area contributed by atoms with Gasteiger partial charge in [0.25, 0.3) is 0 Å². The van der Waals surface area contributed by atoms with Gasteiger partial charge >= 0.3 is 0 Å². The molecule has 3 aromatic rings. The molecule has 1 heterocycles. The number of benzene rings is 2. The SMILES string of the molecule is CCOc1ccc(-c2[nH][c]cc2-c2ccccc2)cc1. The predicted molar refractivity (Wildman–Crippen MR) is 81.7 cm³/mol. The summed E-state index contributed by atoms with van der Waals surface area (Å²) in [7, 11) is 0. The Kier molecular flexibility index (Phi) is 3.55. The van der Waals surface area contributed by atoms with Gasteiger partial charge in [0.15, 0.2) is 0 Å². The van der Waals surface area contributed by atoms with Crippen molar-refractivity contribution < 1.29 is 4.74 Å². The van der Waals surface area contributed by atoms with Gasteiger partial charge in [-0.3, -0.25) is 0 Å². The summed E-state index contributed by atoms with van der Waals surface area (Å²) in [6.45, 7) is 2.67. The third kappa shape index (κ3) is 2.45.